The maximum absolute atomic E-state index is 12.6. The Labute approximate surface area is 81.9 Å². The van der Waals surface area contributed by atoms with Crippen LogP contribution < -0.4 is 0 Å². The van der Waals surface area contributed by atoms with Gasteiger partial charge in [-0.3, -0.25) is 0 Å². The molecule has 0 radical (unpaired) electrons. The minimum Gasteiger partial charge on any atom is -0.201 e. The van der Waals surface area contributed by atoms with Crippen molar-refractivity contribution in [3.05, 3.63) is 23.0 Å². The van der Waals surface area contributed by atoms with Crippen LogP contribution in [0.2, 0.25) is 0 Å². The molecule has 0 unspecified atom stereocenters. The van der Waals surface area contributed by atoms with Gasteiger partial charge in [-0.2, -0.15) is 26.3 Å². The van der Waals surface area contributed by atoms with Crippen molar-refractivity contribution >= 4 is 0 Å². The maximum Gasteiger partial charge on any atom is 0.438 e. The summed E-state index contributed by atoms with van der Waals surface area (Å²) >= 11 is 0. The van der Waals surface area contributed by atoms with Crippen molar-refractivity contribution in [2.24, 2.45) is 0 Å². The average Bonchev–Trinajstić information content (AvgIpc) is 2.05. The maximum atomic E-state index is 12.6. The van der Waals surface area contributed by atoms with Gasteiger partial charge in [0.15, 0.2) is 11.6 Å². The van der Waals surface area contributed by atoms with Gasteiger partial charge in [0.05, 0.1) is 0 Å². The Hall–Kier alpha value is -1.48. The van der Waals surface area contributed by atoms with Gasteiger partial charge in [-0.15, -0.1) is 10.2 Å². The second-order valence-electron chi connectivity index (χ2n) is 2.52. The molecular formula is C6F8N2. The van der Waals surface area contributed by atoms with Crippen LogP contribution in [-0.4, -0.2) is 10.2 Å². The van der Waals surface area contributed by atoms with Crippen LogP contribution in [0.15, 0.2) is 0 Å². The Morgan fingerprint density at radius 3 is 1.06 bits per heavy atom. The first-order chi connectivity index (χ1) is 7.05. The van der Waals surface area contributed by atoms with Gasteiger partial charge in [0.2, 0.25) is 11.4 Å². The van der Waals surface area contributed by atoms with E-state index in [1.807, 2.05) is 10.2 Å². The summed E-state index contributed by atoms with van der Waals surface area (Å²) in [6.45, 7) is 0. The summed E-state index contributed by atoms with van der Waals surface area (Å²) in [5, 5.41) is 3.93. The van der Waals surface area contributed by atoms with Crippen molar-refractivity contribution in [1.82, 2.24) is 10.2 Å². The molecule has 0 fully saturated rings. The fraction of sp³-hybridized carbons (Fsp3) is 0.333. The van der Waals surface area contributed by atoms with E-state index < -0.39 is 35.4 Å². The molecule has 1 heterocycles. The van der Waals surface area contributed by atoms with E-state index in [0.29, 0.717) is 0 Å². The second-order valence-corrected chi connectivity index (χ2v) is 2.52. The number of nitrogens with zero attached hydrogens (tertiary/aromatic N) is 2. The standard InChI is InChI=1S/C6F8N2/c7-1-2(8)4(6(12,13)14)16-15-3(1)5(9,10)11. The Morgan fingerprint density at radius 1 is 0.625 bits per heavy atom. The molecule has 1 aromatic rings. The Morgan fingerprint density at radius 2 is 0.875 bits per heavy atom. The summed E-state index contributed by atoms with van der Waals surface area (Å²) in [6.07, 6.45) is -10.8. The number of hydrogen-bond donors (Lipinski definition) is 0. The minimum absolute atomic E-state index is 1.97. The monoisotopic (exact) mass is 252 g/mol. The molecule has 0 N–H and O–H groups in total. The van der Waals surface area contributed by atoms with E-state index in [9.17, 15) is 35.1 Å². The van der Waals surface area contributed by atoms with Gasteiger partial charge in [0.1, 0.15) is 0 Å². The van der Waals surface area contributed by atoms with Gasteiger partial charge in [-0.05, 0) is 0 Å². The van der Waals surface area contributed by atoms with Crippen LogP contribution in [0.5, 0.6) is 0 Å². The number of alkyl halides is 6. The molecule has 1 aromatic heterocycles. The molecule has 0 aliphatic rings. The lowest BCUT2D eigenvalue weighted by atomic mass is 10.3. The zero-order valence-electron chi connectivity index (χ0n) is 6.92. The molecule has 1 rings (SSSR count). The molecule has 0 spiro atoms. The Kier molecular flexibility index (Phi) is 2.77. The van der Waals surface area contributed by atoms with Crippen LogP contribution >= 0.6 is 0 Å². The third-order valence-electron chi connectivity index (χ3n) is 1.40. The summed E-state index contributed by atoms with van der Waals surface area (Å²) < 4.78 is 96.4. The summed E-state index contributed by atoms with van der Waals surface area (Å²) in [5.41, 5.74) is -4.86. The van der Waals surface area contributed by atoms with Crippen LogP contribution in [0, 0.1) is 11.6 Å². The summed E-state index contributed by atoms with van der Waals surface area (Å²) in [7, 11) is 0. The normalized spacial score (nSPS) is 13.0. The molecule has 90 valence electrons. The smallest absolute Gasteiger partial charge is 0.201 e. The van der Waals surface area contributed by atoms with Gasteiger partial charge in [-0.1, -0.05) is 0 Å². The predicted molar refractivity (Wildman–Crippen MR) is 32.0 cm³/mol. The van der Waals surface area contributed by atoms with Crippen LogP contribution in [0.25, 0.3) is 0 Å². The molecule has 0 saturated heterocycles. The van der Waals surface area contributed by atoms with Gasteiger partial charge >= 0.3 is 12.4 Å². The lowest BCUT2D eigenvalue weighted by molar-refractivity contribution is -0.152. The van der Waals surface area contributed by atoms with Crippen molar-refractivity contribution in [1.29, 1.82) is 0 Å². The molecular weight excluding hydrogens is 252 g/mol. The van der Waals surface area contributed by atoms with E-state index in [4.69, 9.17) is 0 Å². The summed E-state index contributed by atoms with van der Waals surface area (Å²) in [6, 6.07) is 0. The van der Waals surface area contributed by atoms with Crippen LogP contribution in [0.4, 0.5) is 35.1 Å². The van der Waals surface area contributed by atoms with Gasteiger partial charge in [0, 0.05) is 0 Å². The van der Waals surface area contributed by atoms with Crippen molar-refractivity contribution < 1.29 is 35.1 Å². The summed E-state index contributed by atoms with van der Waals surface area (Å²) in [5.74, 6) is -5.45. The molecule has 0 aliphatic carbocycles. The highest BCUT2D eigenvalue weighted by Gasteiger charge is 2.44. The molecule has 0 saturated carbocycles. The van der Waals surface area contributed by atoms with Crippen LogP contribution in [-0.2, 0) is 12.4 Å². The largest absolute Gasteiger partial charge is 0.438 e. The van der Waals surface area contributed by atoms with Crippen LogP contribution in [0.1, 0.15) is 11.4 Å². The van der Waals surface area contributed by atoms with E-state index in [-0.39, 0.29) is 0 Å². The first kappa shape index (κ1) is 12.6. The molecule has 0 atom stereocenters. The first-order valence-corrected chi connectivity index (χ1v) is 3.41. The lowest BCUT2D eigenvalue weighted by Gasteiger charge is -2.10. The Balaban J connectivity index is 3.41. The van der Waals surface area contributed by atoms with E-state index in [1.54, 1.807) is 0 Å². The second kappa shape index (κ2) is 3.52. The van der Waals surface area contributed by atoms with Gasteiger partial charge < -0.3 is 0 Å². The third kappa shape index (κ3) is 2.19. The zero-order valence-corrected chi connectivity index (χ0v) is 6.92. The quantitative estimate of drug-likeness (QED) is 0.663. The minimum atomic E-state index is -5.41. The zero-order chi connectivity index (χ0) is 12.7. The molecule has 0 aliphatic heterocycles. The van der Waals surface area contributed by atoms with E-state index in [0.717, 1.165) is 0 Å². The topological polar surface area (TPSA) is 25.8 Å². The predicted octanol–water partition coefficient (Wildman–Crippen LogP) is 2.79. The van der Waals surface area contributed by atoms with Gasteiger partial charge in [-0.25, -0.2) is 8.78 Å². The molecule has 0 aromatic carbocycles. The fourth-order valence-electron chi connectivity index (χ4n) is 0.758. The highest BCUT2D eigenvalue weighted by Crippen LogP contribution is 2.34. The number of hydrogen-bond acceptors (Lipinski definition) is 2. The van der Waals surface area contributed by atoms with Crippen molar-refractivity contribution in [2.75, 3.05) is 0 Å². The molecule has 2 nitrogen and oxygen atoms in total. The number of rotatable bonds is 0. The van der Waals surface area contributed by atoms with E-state index in [2.05, 4.69) is 0 Å². The molecule has 0 bridgehead atoms. The third-order valence-corrected chi connectivity index (χ3v) is 1.40. The van der Waals surface area contributed by atoms with Gasteiger partial charge in [0.25, 0.3) is 0 Å². The average molecular weight is 252 g/mol. The Bertz CT molecular complexity index is 367. The highest BCUT2D eigenvalue weighted by molar-refractivity contribution is 5.17. The number of aromatic nitrogens is 2. The molecule has 16 heavy (non-hydrogen) atoms. The first-order valence-electron chi connectivity index (χ1n) is 3.41. The summed E-state index contributed by atoms with van der Waals surface area (Å²) in [4.78, 5) is 0. The number of halogens is 8. The SMILES string of the molecule is Fc1c(C(F)(F)F)nnc(C(F)(F)F)c1F. The van der Waals surface area contributed by atoms with Crippen molar-refractivity contribution in [3.8, 4) is 0 Å². The lowest BCUT2D eigenvalue weighted by Crippen LogP contribution is -2.20. The highest BCUT2D eigenvalue weighted by atomic mass is 19.4. The van der Waals surface area contributed by atoms with Crippen LogP contribution in [0.3, 0.4) is 0 Å². The van der Waals surface area contributed by atoms with Crippen molar-refractivity contribution in [3.63, 3.8) is 0 Å². The fourth-order valence-corrected chi connectivity index (χ4v) is 0.758. The molecule has 0 amide bonds. The van der Waals surface area contributed by atoms with E-state index >= 15 is 0 Å². The molecule has 10 heteroatoms. The van der Waals surface area contributed by atoms with E-state index in [1.165, 1.54) is 0 Å². The van der Waals surface area contributed by atoms with Crippen molar-refractivity contribution in [2.45, 2.75) is 12.4 Å².